The lowest BCUT2D eigenvalue weighted by Crippen LogP contribution is -2.46. The Morgan fingerprint density at radius 3 is 2.47 bits per heavy atom. The number of ether oxygens (including phenoxy) is 4. The molecule has 1 aliphatic heterocycles. The van der Waals surface area contributed by atoms with E-state index in [2.05, 4.69) is 25.7 Å². The topological polar surface area (TPSA) is 77.5 Å². The fraction of sp³-hybridized carbons (Fsp3) is 0.361. The van der Waals surface area contributed by atoms with Crippen molar-refractivity contribution in [3.05, 3.63) is 107 Å². The van der Waals surface area contributed by atoms with Crippen LogP contribution in [0.25, 0.3) is 10.8 Å². The third-order valence-electron chi connectivity index (χ3n) is 8.13. The van der Waals surface area contributed by atoms with Gasteiger partial charge in [-0.05, 0) is 59.3 Å². The monoisotopic (exact) mass is 631 g/mol. The van der Waals surface area contributed by atoms with E-state index in [1.54, 1.807) is 12.1 Å². The van der Waals surface area contributed by atoms with Crippen molar-refractivity contribution in [3.8, 4) is 11.5 Å². The van der Waals surface area contributed by atoms with Gasteiger partial charge in [-0.1, -0.05) is 74.2 Å². The van der Waals surface area contributed by atoms with E-state index in [1.165, 1.54) is 17.0 Å². The Morgan fingerprint density at radius 1 is 0.933 bits per heavy atom. The summed E-state index contributed by atoms with van der Waals surface area (Å²) in [6, 6.07) is 27.4. The van der Waals surface area contributed by atoms with Gasteiger partial charge in [-0.15, -0.1) is 0 Å². The van der Waals surface area contributed by atoms with Crippen molar-refractivity contribution in [3.63, 3.8) is 0 Å². The quantitative estimate of drug-likeness (QED) is 0.0909. The highest BCUT2D eigenvalue weighted by Gasteiger charge is 2.33. The zero-order valence-corrected chi connectivity index (χ0v) is 27.2. The van der Waals surface area contributed by atoms with E-state index < -0.39 is 14.2 Å². The van der Waals surface area contributed by atoms with E-state index in [0.717, 1.165) is 45.0 Å². The first-order valence-corrected chi connectivity index (χ1v) is 19.1. The molecule has 7 nitrogen and oxygen atoms in total. The minimum Gasteiger partial charge on any atom is -0.488 e. The third-order valence-corrected chi connectivity index (χ3v) is 9.83. The fourth-order valence-corrected chi connectivity index (χ4v) is 6.31. The van der Waals surface area contributed by atoms with Crippen LogP contribution in [0.1, 0.15) is 29.0 Å². The minimum atomic E-state index is -1.17. The Kier molecular flexibility index (Phi) is 10.8. The predicted molar refractivity (Wildman–Crippen MR) is 176 cm³/mol. The van der Waals surface area contributed by atoms with Crippen molar-refractivity contribution in [1.29, 1.82) is 0 Å². The number of benzene rings is 4. The molecule has 0 saturated carbocycles. The number of hydrogen-bond acceptors (Lipinski definition) is 5. The highest BCUT2D eigenvalue weighted by atomic mass is 28.3. The summed E-state index contributed by atoms with van der Waals surface area (Å²) in [6.07, 6.45) is -0.752. The largest absolute Gasteiger partial charge is 0.488 e. The summed E-state index contributed by atoms with van der Waals surface area (Å²) >= 11 is 0. The molecule has 5 rings (SSSR count). The zero-order chi connectivity index (χ0) is 31.8. The van der Waals surface area contributed by atoms with Crippen LogP contribution in [0.5, 0.6) is 11.5 Å². The smallest absolute Gasteiger partial charge is 0.407 e. The molecule has 1 heterocycles. The summed E-state index contributed by atoms with van der Waals surface area (Å²) in [5.41, 5.74) is 2.76. The lowest BCUT2D eigenvalue weighted by molar-refractivity contribution is -0.0199. The second-order valence-corrected chi connectivity index (χ2v) is 18.3. The van der Waals surface area contributed by atoms with Gasteiger partial charge in [0.25, 0.3) is 0 Å². The Morgan fingerprint density at radius 2 is 1.69 bits per heavy atom. The van der Waals surface area contributed by atoms with Crippen LogP contribution >= 0.6 is 0 Å². The number of amides is 1. The van der Waals surface area contributed by atoms with Crippen molar-refractivity contribution in [2.24, 2.45) is 0 Å². The molecule has 2 atom stereocenters. The van der Waals surface area contributed by atoms with Crippen LogP contribution in [-0.4, -0.2) is 56.8 Å². The molecule has 9 heteroatoms. The summed E-state index contributed by atoms with van der Waals surface area (Å²) in [6.45, 7) is 9.07. The van der Waals surface area contributed by atoms with E-state index >= 15 is 0 Å². The standard InChI is InChI=1S/C36H42FNO6Si/c1-45(2,3)19-18-41-25-44-33-11-7-5-9-29(33)24-43-34-21-26(20-28-8-4-6-10-31(28)34)23-42-35-22-38(36(39)40)17-16-32(35)27-12-14-30(37)15-13-27/h4-15,20-21,32,35H,16-19,22-25H2,1-3H3,(H,39,40). The van der Waals surface area contributed by atoms with Gasteiger partial charge >= 0.3 is 6.09 Å². The second kappa shape index (κ2) is 14.9. The molecule has 238 valence electrons. The molecular weight excluding hydrogens is 589 g/mol. The molecule has 4 aromatic carbocycles. The van der Waals surface area contributed by atoms with Gasteiger partial charge in [0.05, 0.1) is 19.3 Å². The van der Waals surface area contributed by atoms with Crippen molar-refractivity contribution >= 4 is 24.9 Å². The number of nitrogens with zero attached hydrogens (tertiary/aromatic N) is 1. The van der Waals surface area contributed by atoms with Gasteiger partial charge in [-0.25, -0.2) is 9.18 Å². The Balaban J connectivity index is 1.29. The van der Waals surface area contributed by atoms with E-state index in [9.17, 15) is 14.3 Å². The molecule has 0 aliphatic carbocycles. The van der Waals surface area contributed by atoms with Crippen molar-refractivity contribution in [2.45, 2.75) is 57.3 Å². The zero-order valence-electron chi connectivity index (χ0n) is 26.2. The normalized spacial score (nSPS) is 16.9. The molecule has 0 bridgehead atoms. The van der Waals surface area contributed by atoms with Gasteiger partial charge in [-0.3, -0.25) is 0 Å². The molecule has 1 N–H and O–H groups in total. The van der Waals surface area contributed by atoms with Crippen molar-refractivity contribution in [2.75, 3.05) is 26.5 Å². The Bertz CT molecular complexity index is 1570. The number of para-hydroxylation sites is 1. The van der Waals surface area contributed by atoms with Crippen LogP contribution < -0.4 is 9.47 Å². The number of halogens is 1. The number of rotatable bonds is 13. The number of likely N-dealkylation sites (tertiary alicyclic amines) is 1. The van der Waals surface area contributed by atoms with Crippen LogP contribution in [0.3, 0.4) is 0 Å². The molecule has 45 heavy (non-hydrogen) atoms. The lowest BCUT2D eigenvalue weighted by Gasteiger charge is -2.37. The highest BCUT2D eigenvalue weighted by molar-refractivity contribution is 6.76. The van der Waals surface area contributed by atoms with Crippen LogP contribution in [0.2, 0.25) is 25.7 Å². The van der Waals surface area contributed by atoms with E-state index in [1.807, 2.05) is 54.6 Å². The average molecular weight is 632 g/mol. The summed E-state index contributed by atoms with van der Waals surface area (Å²) in [4.78, 5) is 13.2. The number of carboxylic acid groups (broad SMARTS) is 1. The molecule has 1 amide bonds. The Labute approximate surface area is 265 Å². The molecule has 1 fully saturated rings. The SMILES string of the molecule is C[Si](C)(C)CCOCOc1ccccc1COc1cc(COC2CN(C(=O)O)CCC2c2ccc(F)cc2)cc2ccccc12. The van der Waals surface area contributed by atoms with Crippen LogP contribution in [0.4, 0.5) is 9.18 Å². The third kappa shape index (κ3) is 9.06. The van der Waals surface area contributed by atoms with Crippen LogP contribution in [0, 0.1) is 5.82 Å². The summed E-state index contributed by atoms with van der Waals surface area (Å²) in [5, 5.41) is 11.6. The first-order valence-electron chi connectivity index (χ1n) is 15.4. The van der Waals surface area contributed by atoms with E-state index in [4.69, 9.17) is 18.9 Å². The molecule has 0 spiro atoms. The minimum absolute atomic E-state index is 0.0478. The van der Waals surface area contributed by atoms with Gasteiger partial charge in [0, 0.05) is 38.1 Å². The summed E-state index contributed by atoms with van der Waals surface area (Å²) in [5.74, 6) is 1.09. The maximum absolute atomic E-state index is 13.6. The molecule has 1 aliphatic rings. The molecule has 0 aromatic heterocycles. The number of carbonyl (C=O) groups is 1. The first kappa shape index (κ1) is 32.5. The number of fused-ring (bicyclic) bond motifs is 1. The van der Waals surface area contributed by atoms with Crippen LogP contribution in [0.15, 0.2) is 84.9 Å². The summed E-state index contributed by atoms with van der Waals surface area (Å²) < 4.78 is 38.2. The summed E-state index contributed by atoms with van der Waals surface area (Å²) in [7, 11) is -1.17. The first-order chi connectivity index (χ1) is 21.7. The van der Waals surface area contributed by atoms with Gasteiger partial charge in [0.1, 0.15) is 23.9 Å². The maximum Gasteiger partial charge on any atom is 0.407 e. The van der Waals surface area contributed by atoms with Crippen molar-refractivity contribution < 1.29 is 33.2 Å². The molecule has 0 radical (unpaired) electrons. The Hall–Kier alpha value is -3.92. The van der Waals surface area contributed by atoms with Gasteiger partial charge < -0.3 is 29.0 Å². The van der Waals surface area contributed by atoms with Gasteiger partial charge in [0.15, 0.2) is 6.79 Å². The fourth-order valence-electron chi connectivity index (χ4n) is 5.55. The average Bonchev–Trinajstić information content (AvgIpc) is 3.02. The lowest BCUT2D eigenvalue weighted by atomic mass is 9.87. The van der Waals surface area contributed by atoms with E-state index in [0.29, 0.717) is 26.2 Å². The van der Waals surface area contributed by atoms with Gasteiger partial charge in [-0.2, -0.15) is 0 Å². The van der Waals surface area contributed by atoms with Crippen molar-refractivity contribution in [1.82, 2.24) is 4.90 Å². The van der Waals surface area contributed by atoms with Gasteiger partial charge in [0.2, 0.25) is 0 Å². The highest BCUT2D eigenvalue weighted by Crippen LogP contribution is 2.33. The molecular formula is C36H42FNO6Si. The van der Waals surface area contributed by atoms with Crippen LogP contribution in [-0.2, 0) is 22.7 Å². The number of piperidine rings is 1. The molecule has 4 aromatic rings. The predicted octanol–water partition coefficient (Wildman–Crippen LogP) is 8.30. The number of hydrogen-bond donors (Lipinski definition) is 1. The molecule has 2 unspecified atom stereocenters. The second-order valence-electron chi connectivity index (χ2n) is 12.7. The molecule has 1 saturated heterocycles. The van der Waals surface area contributed by atoms with E-state index in [-0.39, 0.29) is 37.8 Å². The maximum atomic E-state index is 13.6.